The van der Waals surface area contributed by atoms with Crippen LogP contribution in [0.15, 0.2) is 23.0 Å². The van der Waals surface area contributed by atoms with Crippen molar-refractivity contribution >= 4 is 22.6 Å². The number of piperidine rings is 1. The Morgan fingerprint density at radius 3 is 2.73 bits per heavy atom. The smallest absolute Gasteiger partial charge is 0.329 e. The van der Waals surface area contributed by atoms with Gasteiger partial charge in [0.05, 0.1) is 10.4 Å². The third-order valence-corrected chi connectivity index (χ3v) is 3.91. The second-order valence-corrected chi connectivity index (χ2v) is 5.23. The molecule has 2 aromatic rings. The van der Waals surface area contributed by atoms with Crippen molar-refractivity contribution in [3.63, 3.8) is 0 Å². The lowest BCUT2D eigenvalue weighted by Crippen LogP contribution is -2.46. The molecule has 9 heteroatoms. The molecule has 2 N–H and O–H groups in total. The summed E-state index contributed by atoms with van der Waals surface area (Å²) in [5.41, 5.74) is -0.178. The maximum absolute atomic E-state index is 12.5. The Hall–Kier alpha value is -2.68. The van der Waals surface area contributed by atoms with E-state index in [4.69, 9.17) is 0 Å². The number of carbonyl (C=O) groups excluding carboxylic acids is 1. The van der Waals surface area contributed by atoms with Gasteiger partial charge in [-0.2, -0.15) is 0 Å². The van der Waals surface area contributed by atoms with Gasteiger partial charge in [0.15, 0.2) is 0 Å². The van der Waals surface area contributed by atoms with Crippen LogP contribution in [0.5, 0.6) is 0 Å². The van der Waals surface area contributed by atoms with Crippen LogP contribution in [0.3, 0.4) is 0 Å². The highest BCUT2D eigenvalue weighted by Gasteiger charge is 2.32. The quantitative estimate of drug-likeness (QED) is 0.598. The monoisotopic (exact) mass is 306 g/mol. The summed E-state index contributed by atoms with van der Waals surface area (Å²) in [6, 6.07) is 3.58. The molecule has 0 saturated carbocycles. The van der Waals surface area contributed by atoms with Gasteiger partial charge in [0.1, 0.15) is 17.8 Å². The van der Waals surface area contributed by atoms with Gasteiger partial charge in [0.25, 0.3) is 5.69 Å². The van der Waals surface area contributed by atoms with Crippen LogP contribution in [-0.2, 0) is 11.8 Å². The van der Waals surface area contributed by atoms with Crippen molar-refractivity contribution in [2.24, 2.45) is 7.05 Å². The number of aromatic nitrogens is 2. The second kappa shape index (κ2) is 4.95. The van der Waals surface area contributed by atoms with E-state index in [0.717, 1.165) is 0 Å². The highest BCUT2D eigenvalue weighted by Crippen LogP contribution is 2.28. The Morgan fingerprint density at radius 2 is 2.09 bits per heavy atom. The Labute approximate surface area is 123 Å². The molecule has 1 saturated heterocycles. The summed E-state index contributed by atoms with van der Waals surface area (Å²) in [4.78, 5) is 35.1. The summed E-state index contributed by atoms with van der Waals surface area (Å²) >= 11 is 0. The summed E-state index contributed by atoms with van der Waals surface area (Å²) in [6.07, 6.45) is -0.327. The van der Waals surface area contributed by atoms with Gasteiger partial charge in [-0.1, -0.05) is 6.07 Å². The fraction of sp³-hybridized carbons (Fsp3) is 0.385. The van der Waals surface area contributed by atoms with E-state index in [1.165, 1.54) is 28.3 Å². The summed E-state index contributed by atoms with van der Waals surface area (Å²) in [5.74, 6) is -0.472. The van der Waals surface area contributed by atoms with Crippen molar-refractivity contribution in [1.82, 2.24) is 14.5 Å². The first kappa shape index (κ1) is 14.3. The molecule has 2 atom stereocenters. The Kier molecular flexibility index (Phi) is 3.21. The first-order chi connectivity index (χ1) is 10.4. The van der Waals surface area contributed by atoms with Gasteiger partial charge in [-0.15, -0.1) is 0 Å². The lowest BCUT2D eigenvalue weighted by molar-refractivity contribution is -0.383. The molecule has 0 aliphatic carbocycles. The fourth-order valence-electron chi connectivity index (χ4n) is 2.89. The van der Waals surface area contributed by atoms with E-state index in [-0.39, 0.29) is 17.6 Å². The van der Waals surface area contributed by atoms with Crippen molar-refractivity contribution in [1.29, 1.82) is 0 Å². The highest BCUT2D eigenvalue weighted by atomic mass is 16.6. The van der Waals surface area contributed by atoms with Crippen molar-refractivity contribution < 1.29 is 14.8 Å². The average molecular weight is 306 g/mol. The molecular weight excluding hydrogens is 292 g/mol. The summed E-state index contributed by atoms with van der Waals surface area (Å²) < 4.78 is 2.43. The number of para-hydroxylation sites is 1. The second-order valence-electron chi connectivity index (χ2n) is 5.23. The summed E-state index contributed by atoms with van der Waals surface area (Å²) in [7, 11) is 1.43. The van der Waals surface area contributed by atoms with Crippen LogP contribution in [0, 0.1) is 10.1 Å². The number of nitrogens with one attached hydrogen (secondary N) is 1. The maximum Gasteiger partial charge on any atom is 0.329 e. The first-order valence-corrected chi connectivity index (χ1v) is 6.74. The predicted octanol–water partition coefficient (Wildman–Crippen LogP) is 0.0177. The Bertz CT molecular complexity index is 837. The van der Waals surface area contributed by atoms with Crippen LogP contribution in [0.4, 0.5) is 5.69 Å². The lowest BCUT2D eigenvalue weighted by atomic mass is 10.1. The minimum absolute atomic E-state index is 0.177. The van der Waals surface area contributed by atoms with E-state index in [1.54, 1.807) is 6.07 Å². The number of imidazole rings is 1. The summed E-state index contributed by atoms with van der Waals surface area (Å²) in [5, 5.41) is 23.0. The summed E-state index contributed by atoms with van der Waals surface area (Å²) in [6.45, 7) is 0. The molecule has 1 amide bonds. The van der Waals surface area contributed by atoms with Crippen molar-refractivity contribution in [2.75, 3.05) is 0 Å². The maximum atomic E-state index is 12.5. The number of carbonyl (C=O) groups is 1. The number of nitro groups is 1. The third kappa shape index (κ3) is 1.98. The predicted molar refractivity (Wildman–Crippen MR) is 76.3 cm³/mol. The molecule has 9 nitrogen and oxygen atoms in total. The largest absolute Gasteiger partial charge is 0.374 e. The molecule has 1 aromatic carbocycles. The van der Waals surface area contributed by atoms with Gasteiger partial charge in [-0.3, -0.25) is 24.0 Å². The number of hydrogen-bond donors (Lipinski definition) is 2. The van der Waals surface area contributed by atoms with E-state index in [0.29, 0.717) is 11.9 Å². The van der Waals surface area contributed by atoms with E-state index < -0.39 is 28.8 Å². The van der Waals surface area contributed by atoms with E-state index in [1.807, 2.05) is 0 Å². The number of benzene rings is 1. The minimum atomic E-state index is -0.927. The zero-order valence-electron chi connectivity index (χ0n) is 11.7. The lowest BCUT2D eigenvalue weighted by Gasteiger charge is -2.26. The molecule has 1 fully saturated rings. The molecule has 2 heterocycles. The molecule has 0 bridgehead atoms. The van der Waals surface area contributed by atoms with Crippen LogP contribution in [0.25, 0.3) is 11.0 Å². The van der Waals surface area contributed by atoms with Gasteiger partial charge >= 0.3 is 5.69 Å². The minimum Gasteiger partial charge on any atom is -0.374 e. The number of rotatable bonds is 2. The number of nitro benzene ring substituents is 1. The first-order valence-electron chi connectivity index (χ1n) is 6.74. The highest BCUT2D eigenvalue weighted by molar-refractivity contribution is 5.88. The van der Waals surface area contributed by atoms with Crippen molar-refractivity contribution in [3.8, 4) is 0 Å². The van der Waals surface area contributed by atoms with Gasteiger partial charge < -0.3 is 10.4 Å². The van der Waals surface area contributed by atoms with Crippen LogP contribution in [0.2, 0.25) is 0 Å². The molecule has 0 radical (unpaired) electrons. The molecule has 3 rings (SSSR count). The number of non-ortho nitro benzene ring substituents is 1. The molecule has 22 heavy (non-hydrogen) atoms. The standard InChI is InChI=1S/C13H14N4O5/c1-15-11-7(3-2-4-8(11)17(21)22)16(13(15)20)9-5-6-10(18)14-12(9)19/h2-4,9-10,18H,5-6H2,1H3,(H,14,19). The van der Waals surface area contributed by atoms with Crippen LogP contribution in [-0.4, -0.2) is 31.3 Å². The topological polar surface area (TPSA) is 119 Å². The molecule has 1 aromatic heterocycles. The zero-order valence-corrected chi connectivity index (χ0v) is 11.7. The van der Waals surface area contributed by atoms with Crippen LogP contribution in [0.1, 0.15) is 18.9 Å². The van der Waals surface area contributed by atoms with E-state index in [2.05, 4.69) is 5.32 Å². The van der Waals surface area contributed by atoms with Crippen molar-refractivity contribution in [3.05, 3.63) is 38.8 Å². The van der Waals surface area contributed by atoms with Gasteiger partial charge in [-0.25, -0.2) is 4.79 Å². The molecule has 1 aliphatic heterocycles. The van der Waals surface area contributed by atoms with Crippen LogP contribution >= 0.6 is 0 Å². The average Bonchev–Trinajstić information content (AvgIpc) is 2.72. The van der Waals surface area contributed by atoms with E-state index in [9.17, 15) is 24.8 Å². The molecule has 0 spiro atoms. The third-order valence-electron chi connectivity index (χ3n) is 3.91. The number of nitrogens with zero attached hydrogens (tertiary/aromatic N) is 3. The zero-order chi connectivity index (χ0) is 16.0. The number of fused-ring (bicyclic) bond motifs is 1. The molecule has 1 aliphatic rings. The van der Waals surface area contributed by atoms with E-state index >= 15 is 0 Å². The number of hydrogen-bond acceptors (Lipinski definition) is 5. The Morgan fingerprint density at radius 1 is 1.36 bits per heavy atom. The SMILES string of the molecule is Cn1c(=O)n(C2CCC(O)NC2=O)c2cccc([N+](=O)[O-])c21. The normalized spacial score (nSPS) is 21.8. The number of aliphatic hydroxyl groups is 1. The molecular formula is C13H14N4O5. The van der Waals surface area contributed by atoms with Gasteiger partial charge in [0, 0.05) is 13.1 Å². The van der Waals surface area contributed by atoms with Crippen LogP contribution < -0.4 is 11.0 Å². The van der Waals surface area contributed by atoms with Gasteiger partial charge in [-0.05, 0) is 18.9 Å². The number of aryl methyl sites for hydroxylation is 1. The van der Waals surface area contributed by atoms with Crippen molar-refractivity contribution in [2.45, 2.75) is 25.1 Å². The molecule has 2 unspecified atom stereocenters. The Balaban J connectivity index is 2.25. The number of amides is 1. The molecule has 116 valence electrons. The number of aliphatic hydroxyl groups excluding tert-OH is 1. The fourth-order valence-corrected chi connectivity index (χ4v) is 2.89. The van der Waals surface area contributed by atoms with Gasteiger partial charge in [0.2, 0.25) is 5.91 Å².